The van der Waals surface area contributed by atoms with E-state index in [1.54, 1.807) is 13.0 Å². The number of sulfonamides is 1. The molecule has 19 heavy (non-hydrogen) atoms. The van der Waals surface area contributed by atoms with Crippen LogP contribution in [0.15, 0.2) is 21.5 Å². The second kappa shape index (κ2) is 6.02. The molecule has 0 spiro atoms. The molecule has 0 fully saturated rings. The standard InChI is InChI=1S/C12H17BrN2O3S/c1-7(2)6-15-12(16)9-4-10(13)8(3)11(5-9)19(14,17)18/h4-5,7H,6H2,1-3H3,(H,15,16)(H2,14,17,18). The van der Waals surface area contributed by atoms with Crippen molar-refractivity contribution in [2.75, 3.05) is 6.54 Å². The molecule has 1 rings (SSSR count). The molecule has 0 aliphatic rings. The zero-order valence-electron chi connectivity index (χ0n) is 11.0. The van der Waals surface area contributed by atoms with Crippen molar-refractivity contribution in [3.63, 3.8) is 0 Å². The third-order valence-corrected chi connectivity index (χ3v) is 4.40. The van der Waals surface area contributed by atoms with Crippen molar-refractivity contribution in [2.45, 2.75) is 25.7 Å². The summed E-state index contributed by atoms with van der Waals surface area (Å²) in [6, 6.07) is 2.88. The van der Waals surface area contributed by atoms with Crippen molar-refractivity contribution in [3.8, 4) is 0 Å². The number of halogens is 1. The third-order valence-electron chi connectivity index (χ3n) is 2.54. The Morgan fingerprint density at radius 2 is 2.00 bits per heavy atom. The van der Waals surface area contributed by atoms with Crippen LogP contribution in [0.2, 0.25) is 0 Å². The molecule has 1 amide bonds. The van der Waals surface area contributed by atoms with Crippen molar-refractivity contribution < 1.29 is 13.2 Å². The number of primary sulfonamides is 1. The van der Waals surface area contributed by atoms with Crippen LogP contribution < -0.4 is 10.5 Å². The highest BCUT2D eigenvalue weighted by Crippen LogP contribution is 2.25. The molecular formula is C12H17BrN2O3S. The van der Waals surface area contributed by atoms with E-state index in [1.165, 1.54) is 6.07 Å². The molecule has 0 aliphatic carbocycles. The minimum atomic E-state index is -3.85. The smallest absolute Gasteiger partial charge is 0.251 e. The quantitative estimate of drug-likeness (QED) is 0.869. The van der Waals surface area contributed by atoms with Crippen molar-refractivity contribution in [2.24, 2.45) is 11.1 Å². The van der Waals surface area contributed by atoms with Crippen molar-refractivity contribution in [1.29, 1.82) is 0 Å². The third kappa shape index (κ3) is 4.29. The Bertz CT molecular complexity index is 597. The number of rotatable bonds is 4. The Labute approximate surface area is 121 Å². The van der Waals surface area contributed by atoms with Crippen LogP contribution in [0.5, 0.6) is 0 Å². The number of hydrogen-bond acceptors (Lipinski definition) is 3. The van der Waals surface area contributed by atoms with Crippen LogP contribution in [0.1, 0.15) is 29.8 Å². The summed E-state index contributed by atoms with van der Waals surface area (Å²) >= 11 is 3.24. The summed E-state index contributed by atoms with van der Waals surface area (Å²) in [4.78, 5) is 11.9. The van der Waals surface area contributed by atoms with Crippen LogP contribution in [-0.2, 0) is 10.0 Å². The summed E-state index contributed by atoms with van der Waals surface area (Å²) in [6.45, 7) is 6.09. The first-order chi connectivity index (χ1) is 8.62. The predicted molar refractivity (Wildman–Crippen MR) is 77.4 cm³/mol. The monoisotopic (exact) mass is 348 g/mol. The lowest BCUT2D eigenvalue weighted by molar-refractivity contribution is 0.0948. The van der Waals surface area contributed by atoms with Gasteiger partial charge >= 0.3 is 0 Å². The van der Waals surface area contributed by atoms with Gasteiger partial charge in [-0.15, -0.1) is 0 Å². The van der Waals surface area contributed by atoms with E-state index in [1.807, 2.05) is 13.8 Å². The van der Waals surface area contributed by atoms with Crippen LogP contribution in [0.4, 0.5) is 0 Å². The molecule has 0 unspecified atom stereocenters. The van der Waals surface area contributed by atoms with Crippen LogP contribution in [0, 0.1) is 12.8 Å². The summed E-state index contributed by atoms with van der Waals surface area (Å²) in [6.07, 6.45) is 0. The zero-order valence-corrected chi connectivity index (χ0v) is 13.4. The van der Waals surface area contributed by atoms with E-state index in [0.717, 1.165) is 0 Å². The average Bonchev–Trinajstić information content (AvgIpc) is 2.27. The molecule has 7 heteroatoms. The second-order valence-corrected chi connectivity index (χ2v) is 7.11. The van der Waals surface area contributed by atoms with E-state index in [-0.39, 0.29) is 16.4 Å². The van der Waals surface area contributed by atoms with Gasteiger partial charge in [0.1, 0.15) is 0 Å². The second-order valence-electron chi connectivity index (χ2n) is 4.73. The lowest BCUT2D eigenvalue weighted by Crippen LogP contribution is -2.27. The number of carbonyl (C=O) groups is 1. The van der Waals surface area contributed by atoms with Gasteiger partial charge in [0, 0.05) is 16.6 Å². The van der Waals surface area contributed by atoms with Crippen LogP contribution in [-0.4, -0.2) is 20.9 Å². The maximum Gasteiger partial charge on any atom is 0.251 e. The van der Waals surface area contributed by atoms with E-state index in [2.05, 4.69) is 21.2 Å². The highest BCUT2D eigenvalue weighted by Gasteiger charge is 2.18. The highest BCUT2D eigenvalue weighted by atomic mass is 79.9. The molecule has 0 bridgehead atoms. The van der Waals surface area contributed by atoms with Crippen LogP contribution >= 0.6 is 15.9 Å². The maximum atomic E-state index is 11.9. The molecule has 0 heterocycles. The molecule has 5 nitrogen and oxygen atoms in total. The zero-order chi connectivity index (χ0) is 14.8. The largest absolute Gasteiger partial charge is 0.352 e. The number of hydrogen-bond donors (Lipinski definition) is 2. The predicted octanol–water partition coefficient (Wildman–Crippen LogP) is 1.79. The van der Waals surface area contributed by atoms with Gasteiger partial charge in [-0.1, -0.05) is 29.8 Å². The molecule has 0 atom stereocenters. The Morgan fingerprint density at radius 1 is 1.42 bits per heavy atom. The van der Waals surface area contributed by atoms with E-state index in [0.29, 0.717) is 22.5 Å². The summed E-state index contributed by atoms with van der Waals surface area (Å²) in [5.41, 5.74) is 0.755. The fourth-order valence-electron chi connectivity index (χ4n) is 1.48. The van der Waals surface area contributed by atoms with Crippen molar-refractivity contribution >= 4 is 31.9 Å². The lowest BCUT2D eigenvalue weighted by Gasteiger charge is -2.11. The number of benzene rings is 1. The SMILES string of the molecule is Cc1c(Br)cc(C(=O)NCC(C)C)cc1S(N)(=O)=O. The van der Waals surface area contributed by atoms with Gasteiger partial charge in [0.05, 0.1) is 4.90 Å². The van der Waals surface area contributed by atoms with E-state index >= 15 is 0 Å². The lowest BCUT2D eigenvalue weighted by atomic mass is 10.1. The normalized spacial score (nSPS) is 11.7. The van der Waals surface area contributed by atoms with E-state index in [9.17, 15) is 13.2 Å². The number of nitrogens with two attached hydrogens (primary N) is 1. The Morgan fingerprint density at radius 3 is 2.47 bits per heavy atom. The van der Waals surface area contributed by atoms with Gasteiger partial charge in [0.25, 0.3) is 5.91 Å². The molecule has 1 aromatic carbocycles. The molecule has 106 valence electrons. The summed E-state index contributed by atoms with van der Waals surface area (Å²) in [7, 11) is -3.85. The van der Waals surface area contributed by atoms with Crippen LogP contribution in [0.3, 0.4) is 0 Å². The molecule has 0 radical (unpaired) electrons. The van der Waals surface area contributed by atoms with Crippen LogP contribution in [0.25, 0.3) is 0 Å². The average molecular weight is 349 g/mol. The Hall–Kier alpha value is -0.920. The number of carbonyl (C=O) groups excluding carboxylic acids is 1. The topological polar surface area (TPSA) is 89.3 Å². The van der Waals surface area contributed by atoms with Gasteiger partial charge in [-0.2, -0.15) is 0 Å². The molecule has 1 aromatic rings. The van der Waals surface area contributed by atoms with Gasteiger partial charge in [-0.05, 0) is 30.5 Å². The summed E-state index contributed by atoms with van der Waals surface area (Å²) in [5.74, 6) is -0.00477. The first kappa shape index (κ1) is 16.1. The minimum absolute atomic E-state index is 0.0448. The fourth-order valence-corrected chi connectivity index (χ4v) is 2.90. The maximum absolute atomic E-state index is 11.9. The number of amides is 1. The Balaban J connectivity index is 3.18. The number of nitrogens with one attached hydrogen (secondary N) is 1. The molecule has 0 saturated heterocycles. The molecule has 0 aliphatic heterocycles. The highest BCUT2D eigenvalue weighted by molar-refractivity contribution is 9.10. The fraction of sp³-hybridized carbons (Fsp3) is 0.417. The van der Waals surface area contributed by atoms with Gasteiger partial charge in [0.15, 0.2) is 0 Å². The Kier molecular flexibility index (Phi) is 5.11. The molecule has 0 aromatic heterocycles. The minimum Gasteiger partial charge on any atom is -0.352 e. The summed E-state index contributed by atoms with van der Waals surface area (Å²) < 4.78 is 23.5. The molecular weight excluding hydrogens is 332 g/mol. The molecule has 0 saturated carbocycles. The van der Waals surface area contributed by atoms with E-state index in [4.69, 9.17) is 5.14 Å². The molecule has 3 N–H and O–H groups in total. The van der Waals surface area contributed by atoms with Gasteiger partial charge in [-0.25, -0.2) is 13.6 Å². The summed E-state index contributed by atoms with van der Waals surface area (Å²) in [5, 5.41) is 7.87. The van der Waals surface area contributed by atoms with E-state index < -0.39 is 10.0 Å². The first-order valence-corrected chi connectivity index (χ1v) is 8.08. The van der Waals surface area contributed by atoms with Gasteiger partial charge in [0.2, 0.25) is 10.0 Å². The first-order valence-electron chi connectivity index (χ1n) is 5.74. The van der Waals surface area contributed by atoms with Gasteiger partial charge in [-0.3, -0.25) is 4.79 Å². The van der Waals surface area contributed by atoms with Gasteiger partial charge < -0.3 is 5.32 Å². The van der Waals surface area contributed by atoms with Crippen molar-refractivity contribution in [1.82, 2.24) is 5.32 Å². The van der Waals surface area contributed by atoms with Crippen molar-refractivity contribution in [3.05, 3.63) is 27.7 Å².